The Labute approximate surface area is 97.0 Å². The molecule has 0 radical (unpaired) electrons. The molecule has 0 aliphatic heterocycles. The van der Waals surface area contributed by atoms with Crippen molar-refractivity contribution in [2.45, 2.75) is 26.4 Å². The number of hydrogen-bond acceptors (Lipinski definition) is 3. The summed E-state index contributed by atoms with van der Waals surface area (Å²) >= 11 is 0. The summed E-state index contributed by atoms with van der Waals surface area (Å²) in [5, 5.41) is 10.4. The fourth-order valence-electron chi connectivity index (χ4n) is 1.44. The maximum absolute atomic E-state index is 10.4. The van der Waals surface area contributed by atoms with Crippen LogP contribution in [0.5, 0.6) is 5.75 Å². The Bertz CT molecular complexity index is 332. The Morgan fingerprint density at radius 2 is 1.94 bits per heavy atom. The topological polar surface area (TPSA) is 38.7 Å². The van der Waals surface area contributed by atoms with Crippen molar-refractivity contribution in [3.8, 4) is 5.75 Å². The molecule has 1 N–H and O–H groups in total. The molecular weight excluding hydrogens is 204 g/mol. The third kappa shape index (κ3) is 2.74. The second-order valence-corrected chi connectivity index (χ2v) is 4.35. The second-order valence-electron chi connectivity index (χ2n) is 4.35. The summed E-state index contributed by atoms with van der Waals surface area (Å²) < 4.78 is 10.3. The zero-order valence-electron chi connectivity index (χ0n) is 10.4. The zero-order valence-corrected chi connectivity index (χ0v) is 10.4. The molecule has 0 aliphatic rings. The van der Waals surface area contributed by atoms with Gasteiger partial charge in [0.25, 0.3) is 0 Å². The van der Waals surface area contributed by atoms with Crippen LogP contribution in [0.2, 0.25) is 0 Å². The molecular formula is C13H20O3. The van der Waals surface area contributed by atoms with Gasteiger partial charge in [0.1, 0.15) is 5.75 Å². The lowest BCUT2D eigenvalue weighted by molar-refractivity contribution is 0.000286. The molecule has 0 saturated carbocycles. The summed E-state index contributed by atoms with van der Waals surface area (Å²) in [6, 6.07) is 7.49. The summed E-state index contributed by atoms with van der Waals surface area (Å²) in [6.45, 7) is 5.94. The Morgan fingerprint density at radius 3 is 2.50 bits per heavy atom. The summed E-state index contributed by atoms with van der Waals surface area (Å²) in [6.07, 6.45) is 0. The molecule has 1 aromatic carbocycles. The minimum absolute atomic E-state index is 0.111. The predicted octanol–water partition coefficient (Wildman–Crippen LogP) is 2.53. The fraction of sp³-hybridized carbons (Fsp3) is 0.538. The van der Waals surface area contributed by atoms with Gasteiger partial charge >= 0.3 is 0 Å². The highest BCUT2D eigenvalue weighted by Crippen LogP contribution is 2.35. The van der Waals surface area contributed by atoms with Crippen LogP contribution in [0.3, 0.4) is 0 Å². The average molecular weight is 224 g/mol. The quantitative estimate of drug-likeness (QED) is 0.781. The van der Waals surface area contributed by atoms with Crippen LogP contribution in [-0.4, -0.2) is 19.0 Å². The van der Waals surface area contributed by atoms with Crippen molar-refractivity contribution in [1.82, 2.24) is 0 Å². The molecule has 3 heteroatoms. The van der Waals surface area contributed by atoms with Crippen molar-refractivity contribution in [1.29, 1.82) is 0 Å². The third-order valence-corrected chi connectivity index (χ3v) is 2.89. The van der Waals surface area contributed by atoms with Crippen molar-refractivity contribution in [3.63, 3.8) is 0 Å². The van der Waals surface area contributed by atoms with Crippen LogP contribution >= 0.6 is 0 Å². The molecule has 1 unspecified atom stereocenters. The molecule has 0 saturated heterocycles. The smallest absolute Gasteiger partial charge is 0.188 e. The van der Waals surface area contributed by atoms with E-state index in [9.17, 15) is 5.11 Å². The van der Waals surface area contributed by atoms with Crippen LogP contribution in [0, 0.1) is 5.92 Å². The van der Waals surface area contributed by atoms with Gasteiger partial charge in [0.15, 0.2) is 6.79 Å². The van der Waals surface area contributed by atoms with E-state index in [4.69, 9.17) is 9.47 Å². The Balaban J connectivity index is 3.02. The molecule has 90 valence electrons. The number of benzene rings is 1. The first-order valence-electron chi connectivity index (χ1n) is 5.43. The maximum Gasteiger partial charge on any atom is 0.188 e. The van der Waals surface area contributed by atoms with E-state index in [1.807, 2.05) is 38.1 Å². The highest BCUT2D eigenvalue weighted by Gasteiger charge is 2.30. The molecule has 0 aromatic heterocycles. The molecule has 0 fully saturated rings. The van der Waals surface area contributed by atoms with Gasteiger partial charge in [-0.2, -0.15) is 0 Å². The SMILES string of the molecule is COCOc1ccccc1C(C)(O)C(C)C. The van der Waals surface area contributed by atoms with E-state index in [2.05, 4.69) is 0 Å². The molecule has 0 spiro atoms. The zero-order chi connectivity index (χ0) is 12.2. The van der Waals surface area contributed by atoms with Crippen molar-refractivity contribution < 1.29 is 14.6 Å². The minimum atomic E-state index is -0.898. The fourth-order valence-corrected chi connectivity index (χ4v) is 1.44. The normalized spacial score (nSPS) is 14.9. The first kappa shape index (κ1) is 13.0. The van der Waals surface area contributed by atoms with Crippen molar-refractivity contribution in [3.05, 3.63) is 29.8 Å². The van der Waals surface area contributed by atoms with Gasteiger partial charge in [-0.05, 0) is 18.9 Å². The standard InChI is InChI=1S/C13H20O3/c1-10(2)13(3,14)11-7-5-6-8-12(11)16-9-15-4/h5-8,10,14H,9H2,1-4H3. The Morgan fingerprint density at radius 1 is 1.31 bits per heavy atom. The van der Waals surface area contributed by atoms with Gasteiger partial charge in [-0.15, -0.1) is 0 Å². The molecule has 1 rings (SSSR count). The molecule has 3 nitrogen and oxygen atoms in total. The first-order valence-corrected chi connectivity index (χ1v) is 5.43. The van der Waals surface area contributed by atoms with Crippen molar-refractivity contribution in [2.75, 3.05) is 13.9 Å². The van der Waals surface area contributed by atoms with Gasteiger partial charge in [-0.25, -0.2) is 0 Å². The molecule has 16 heavy (non-hydrogen) atoms. The Hall–Kier alpha value is -1.06. The van der Waals surface area contributed by atoms with Crippen LogP contribution in [0.15, 0.2) is 24.3 Å². The van der Waals surface area contributed by atoms with Crippen LogP contribution < -0.4 is 4.74 Å². The lowest BCUT2D eigenvalue weighted by Gasteiger charge is -2.29. The molecule has 1 aromatic rings. The minimum Gasteiger partial charge on any atom is -0.467 e. The molecule has 1 atom stereocenters. The molecule has 0 bridgehead atoms. The highest BCUT2D eigenvalue weighted by atomic mass is 16.7. The number of ether oxygens (including phenoxy) is 2. The maximum atomic E-state index is 10.4. The van der Waals surface area contributed by atoms with E-state index in [1.165, 1.54) is 0 Å². The molecule has 0 aliphatic carbocycles. The van der Waals surface area contributed by atoms with E-state index < -0.39 is 5.60 Å². The van der Waals surface area contributed by atoms with Gasteiger partial charge in [-0.1, -0.05) is 32.0 Å². The average Bonchev–Trinajstić information content (AvgIpc) is 2.26. The van der Waals surface area contributed by atoms with Crippen LogP contribution in [0.25, 0.3) is 0 Å². The summed E-state index contributed by atoms with van der Waals surface area (Å²) in [4.78, 5) is 0. The highest BCUT2D eigenvalue weighted by molar-refractivity contribution is 5.37. The number of hydrogen-bond donors (Lipinski definition) is 1. The predicted molar refractivity (Wildman–Crippen MR) is 63.4 cm³/mol. The van der Waals surface area contributed by atoms with E-state index in [-0.39, 0.29) is 12.7 Å². The van der Waals surface area contributed by atoms with Crippen LogP contribution in [-0.2, 0) is 10.3 Å². The lowest BCUT2D eigenvalue weighted by Crippen LogP contribution is -2.28. The van der Waals surface area contributed by atoms with Crippen LogP contribution in [0.1, 0.15) is 26.3 Å². The largest absolute Gasteiger partial charge is 0.467 e. The van der Waals surface area contributed by atoms with Crippen LogP contribution in [0.4, 0.5) is 0 Å². The summed E-state index contributed by atoms with van der Waals surface area (Å²) in [5.74, 6) is 0.780. The van der Waals surface area contributed by atoms with Gasteiger partial charge < -0.3 is 14.6 Å². The lowest BCUT2D eigenvalue weighted by atomic mass is 9.85. The first-order chi connectivity index (χ1) is 7.50. The molecule has 0 heterocycles. The number of para-hydroxylation sites is 1. The number of aliphatic hydroxyl groups is 1. The monoisotopic (exact) mass is 224 g/mol. The second kappa shape index (κ2) is 5.32. The van der Waals surface area contributed by atoms with Gasteiger partial charge in [0, 0.05) is 12.7 Å². The van der Waals surface area contributed by atoms with E-state index in [1.54, 1.807) is 14.0 Å². The van der Waals surface area contributed by atoms with E-state index in [0.29, 0.717) is 5.75 Å². The Kier molecular flexibility index (Phi) is 4.33. The third-order valence-electron chi connectivity index (χ3n) is 2.89. The number of rotatable bonds is 5. The van der Waals surface area contributed by atoms with Gasteiger partial charge in [0.2, 0.25) is 0 Å². The van der Waals surface area contributed by atoms with Crippen molar-refractivity contribution >= 4 is 0 Å². The summed E-state index contributed by atoms with van der Waals surface area (Å²) in [5.41, 5.74) is -0.105. The molecule has 0 amide bonds. The van der Waals surface area contributed by atoms with E-state index in [0.717, 1.165) is 5.56 Å². The summed E-state index contributed by atoms with van der Waals surface area (Å²) in [7, 11) is 1.57. The van der Waals surface area contributed by atoms with Gasteiger partial charge in [-0.3, -0.25) is 0 Å². The van der Waals surface area contributed by atoms with Crippen molar-refractivity contribution in [2.24, 2.45) is 5.92 Å². The van der Waals surface area contributed by atoms with E-state index >= 15 is 0 Å². The van der Waals surface area contributed by atoms with Gasteiger partial charge in [0.05, 0.1) is 5.60 Å². The number of methoxy groups -OCH3 is 1.